The number of hydrazone groups is 1. The second-order valence-corrected chi connectivity index (χ2v) is 7.10. The number of carbonyl (C=O) groups is 1. The number of hydrogen-bond donors (Lipinski definition) is 1. The molecule has 0 saturated heterocycles. The molecule has 0 aliphatic rings. The summed E-state index contributed by atoms with van der Waals surface area (Å²) in [5.41, 5.74) is 6.35. The average Bonchev–Trinajstić information content (AvgIpc) is 2.83. The van der Waals surface area contributed by atoms with Gasteiger partial charge >= 0.3 is 0 Å². The fourth-order valence-electron chi connectivity index (χ4n) is 3.40. The third-order valence-corrected chi connectivity index (χ3v) is 5.12. The van der Waals surface area contributed by atoms with E-state index in [9.17, 15) is 9.59 Å². The van der Waals surface area contributed by atoms with Crippen molar-refractivity contribution in [2.75, 3.05) is 0 Å². The molecule has 1 heterocycles. The standard InChI is InChI=1S/C25H22N4O2/c1-3-29-25(31)22-12-8-7-11-21(22)23(28-29)24(30)27-26-17(2)18-13-15-20(16-14-18)19-9-5-4-6-10-19/h4-16H,3H2,1-2H3,(H,27,30)/b26-17+. The molecule has 31 heavy (non-hydrogen) atoms. The number of fused-ring (bicyclic) bond motifs is 1. The summed E-state index contributed by atoms with van der Waals surface area (Å²) in [6.45, 7) is 4.02. The van der Waals surface area contributed by atoms with Crippen LogP contribution in [-0.4, -0.2) is 21.4 Å². The molecule has 0 radical (unpaired) electrons. The highest BCUT2D eigenvalue weighted by Gasteiger charge is 2.16. The Bertz CT molecular complexity index is 1320. The fraction of sp³-hybridized carbons (Fsp3) is 0.120. The molecular weight excluding hydrogens is 388 g/mol. The largest absolute Gasteiger partial charge is 0.292 e. The first kappa shape index (κ1) is 20.2. The molecule has 0 aliphatic carbocycles. The number of benzene rings is 3. The number of carbonyl (C=O) groups excluding carboxylic acids is 1. The Hall–Kier alpha value is -4.06. The van der Waals surface area contributed by atoms with Gasteiger partial charge in [-0.15, -0.1) is 0 Å². The Balaban J connectivity index is 1.58. The molecule has 1 amide bonds. The Kier molecular flexibility index (Phi) is 5.71. The second kappa shape index (κ2) is 8.75. The van der Waals surface area contributed by atoms with Crippen LogP contribution in [0.1, 0.15) is 29.9 Å². The smallest absolute Gasteiger partial charge is 0.267 e. The van der Waals surface area contributed by atoms with Gasteiger partial charge in [0.25, 0.3) is 11.5 Å². The van der Waals surface area contributed by atoms with Crippen molar-refractivity contribution >= 4 is 22.4 Å². The summed E-state index contributed by atoms with van der Waals surface area (Å²) in [6.07, 6.45) is 0. The van der Waals surface area contributed by atoms with Gasteiger partial charge < -0.3 is 0 Å². The van der Waals surface area contributed by atoms with Crippen molar-refractivity contribution in [2.24, 2.45) is 5.10 Å². The minimum absolute atomic E-state index is 0.174. The van der Waals surface area contributed by atoms with Crippen LogP contribution in [0.15, 0.2) is 88.8 Å². The van der Waals surface area contributed by atoms with Gasteiger partial charge in [0.2, 0.25) is 0 Å². The summed E-state index contributed by atoms with van der Waals surface area (Å²) < 4.78 is 1.29. The molecular formula is C25H22N4O2. The number of amides is 1. The second-order valence-electron chi connectivity index (χ2n) is 7.10. The van der Waals surface area contributed by atoms with Gasteiger partial charge in [-0.3, -0.25) is 9.59 Å². The van der Waals surface area contributed by atoms with Gasteiger partial charge in [-0.1, -0.05) is 72.8 Å². The molecule has 6 nitrogen and oxygen atoms in total. The van der Waals surface area contributed by atoms with Crippen LogP contribution in [-0.2, 0) is 6.54 Å². The maximum Gasteiger partial charge on any atom is 0.292 e. The molecule has 4 rings (SSSR count). The molecule has 1 N–H and O–H groups in total. The normalized spacial score (nSPS) is 11.5. The first-order valence-electron chi connectivity index (χ1n) is 10.1. The van der Waals surface area contributed by atoms with Gasteiger partial charge in [0.05, 0.1) is 11.1 Å². The third-order valence-electron chi connectivity index (χ3n) is 5.12. The molecule has 154 valence electrons. The highest BCUT2D eigenvalue weighted by atomic mass is 16.2. The number of hydrogen-bond acceptors (Lipinski definition) is 4. The molecule has 3 aromatic carbocycles. The van der Waals surface area contributed by atoms with Gasteiger partial charge in [-0.25, -0.2) is 10.1 Å². The molecule has 1 aromatic heterocycles. The third kappa shape index (κ3) is 4.14. The predicted octanol–water partition coefficient (Wildman–Crippen LogP) is 4.24. The molecule has 0 saturated carbocycles. The van der Waals surface area contributed by atoms with Gasteiger partial charge in [0.1, 0.15) is 0 Å². The van der Waals surface area contributed by atoms with E-state index in [4.69, 9.17) is 0 Å². The lowest BCUT2D eigenvalue weighted by molar-refractivity contribution is 0.0949. The number of aryl methyl sites for hydroxylation is 1. The van der Waals surface area contributed by atoms with Gasteiger partial charge in [-0.05, 0) is 36.6 Å². The Morgan fingerprint density at radius 1 is 0.903 bits per heavy atom. The summed E-state index contributed by atoms with van der Waals surface area (Å²) in [5.74, 6) is -0.460. The van der Waals surface area contributed by atoms with Gasteiger partial charge in [0, 0.05) is 11.9 Å². The van der Waals surface area contributed by atoms with E-state index in [1.165, 1.54) is 4.68 Å². The van der Waals surface area contributed by atoms with E-state index in [2.05, 4.69) is 27.8 Å². The lowest BCUT2D eigenvalue weighted by atomic mass is 10.0. The Morgan fingerprint density at radius 2 is 1.52 bits per heavy atom. The molecule has 0 fully saturated rings. The lowest BCUT2D eigenvalue weighted by Crippen LogP contribution is -2.28. The van der Waals surface area contributed by atoms with E-state index >= 15 is 0 Å². The van der Waals surface area contributed by atoms with E-state index in [1.807, 2.05) is 56.3 Å². The minimum Gasteiger partial charge on any atom is -0.267 e. The van der Waals surface area contributed by atoms with Crippen molar-refractivity contribution in [3.63, 3.8) is 0 Å². The van der Waals surface area contributed by atoms with Crippen molar-refractivity contribution in [3.8, 4) is 11.1 Å². The topological polar surface area (TPSA) is 76.3 Å². The van der Waals surface area contributed by atoms with E-state index in [0.717, 1.165) is 16.7 Å². The Labute approximate surface area is 179 Å². The first-order valence-corrected chi connectivity index (χ1v) is 10.1. The van der Waals surface area contributed by atoms with E-state index < -0.39 is 5.91 Å². The van der Waals surface area contributed by atoms with Gasteiger partial charge in [-0.2, -0.15) is 10.2 Å². The van der Waals surface area contributed by atoms with E-state index in [-0.39, 0.29) is 11.3 Å². The van der Waals surface area contributed by atoms with Crippen LogP contribution in [0.25, 0.3) is 21.9 Å². The monoisotopic (exact) mass is 410 g/mol. The Morgan fingerprint density at radius 3 is 2.19 bits per heavy atom. The highest BCUT2D eigenvalue weighted by molar-refractivity contribution is 6.06. The number of nitrogens with zero attached hydrogens (tertiary/aromatic N) is 3. The van der Waals surface area contributed by atoms with Crippen LogP contribution in [0.4, 0.5) is 0 Å². The van der Waals surface area contributed by atoms with Crippen molar-refractivity contribution < 1.29 is 4.79 Å². The van der Waals surface area contributed by atoms with Crippen LogP contribution in [0.5, 0.6) is 0 Å². The van der Waals surface area contributed by atoms with Gasteiger partial charge in [0.15, 0.2) is 5.69 Å². The maximum absolute atomic E-state index is 12.8. The van der Waals surface area contributed by atoms with Crippen LogP contribution in [0, 0.1) is 0 Å². The molecule has 0 bridgehead atoms. The van der Waals surface area contributed by atoms with Crippen LogP contribution in [0.2, 0.25) is 0 Å². The molecule has 0 unspecified atom stereocenters. The predicted molar refractivity (Wildman–Crippen MR) is 123 cm³/mol. The molecule has 6 heteroatoms. The summed E-state index contributed by atoms with van der Waals surface area (Å²) in [5, 5.41) is 9.45. The molecule has 0 aliphatic heterocycles. The van der Waals surface area contributed by atoms with Crippen molar-refractivity contribution in [3.05, 3.63) is 100 Å². The van der Waals surface area contributed by atoms with Crippen molar-refractivity contribution in [2.45, 2.75) is 20.4 Å². The first-order chi connectivity index (χ1) is 15.1. The number of nitrogens with one attached hydrogen (secondary N) is 1. The van der Waals surface area contributed by atoms with Crippen LogP contribution >= 0.6 is 0 Å². The van der Waals surface area contributed by atoms with E-state index in [0.29, 0.717) is 23.0 Å². The number of aromatic nitrogens is 2. The quantitative estimate of drug-likeness (QED) is 0.395. The van der Waals surface area contributed by atoms with Crippen molar-refractivity contribution in [1.29, 1.82) is 0 Å². The summed E-state index contributed by atoms with van der Waals surface area (Å²) in [4.78, 5) is 25.3. The molecule has 0 spiro atoms. The zero-order valence-corrected chi connectivity index (χ0v) is 17.4. The van der Waals surface area contributed by atoms with E-state index in [1.54, 1.807) is 24.3 Å². The molecule has 0 atom stereocenters. The SMILES string of the molecule is CCn1nc(C(=O)N/N=C(\C)c2ccc(-c3ccccc3)cc2)c2ccccc2c1=O. The van der Waals surface area contributed by atoms with Crippen LogP contribution in [0.3, 0.4) is 0 Å². The summed E-state index contributed by atoms with van der Waals surface area (Å²) >= 11 is 0. The zero-order valence-electron chi connectivity index (χ0n) is 17.4. The average molecular weight is 410 g/mol. The summed E-state index contributed by atoms with van der Waals surface area (Å²) in [6, 6.07) is 25.1. The fourth-order valence-corrected chi connectivity index (χ4v) is 3.40. The molecule has 4 aromatic rings. The maximum atomic E-state index is 12.8. The van der Waals surface area contributed by atoms with Crippen molar-refractivity contribution in [1.82, 2.24) is 15.2 Å². The summed E-state index contributed by atoms with van der Waals surface area (Å²) in [7, 11) is 0. The highest BCUT2D eigenvalue weighted by Crippen LogP contribution is 2.19. The van der Waals surface area contributed by atoms with Crippen LogP contribution < -0.4 is 11.0 Å². The lowest BCUT2D eigenvalue weighted by Gasteiger charge is -2.09. The number of rotatable bonds is 5. The minimum atomic E-state index is -0.460. The zero-order chi connectivity index (χ0) is 21.8.